The first kappa shape index (κ1) is 18.2. The summed E-state index contributed by atoms with van der Waals surface area (Å²) in [6, 6.07) is 13.2. The van der Waals surface area contributed by atoms with Crippen molar-refractivity contribution in [3.63, 3.8) is 0 Å². The van der Waals surface area contributed by atoms with Crippen LogP contribution in [-0.2, 0) is 11.2 Å². The zero-order valence-electron chi connectivity index (χ0n) is 15.4. The fourth-order valence-electron chi connectivity index (χ4n) is 3.75. The molecule has 7 heteroatoms. The van der Waals surface area contributed by atoms with E-state index in [0.29, 0.717) is 23.6 Å². The van der Waals surface area contributed by atoms with Gasteiger partial charge in [-0.05, 0) is 30.5 Å². The van der Waals surface area contributed by atoms with E-state index in [1.54, 1.807) is 18.2 Å². The number of anilines is 1. The van der Waals surface area contributed by atoms with Gasteiger partial charge in [0.1, 0.15) is 6.04 Å². The first-order valence-electron chi connectivity index (χ1n) is 9.46. The van der Waals surface area contributed by atoms with Crippen LogP contribution >= 0.6 is 0 Å². The molecule has 0 aromatic heterocycles. The van der Waals surface area contributed by atoms with E-state index in [9.17, 15) is 9.59 Å². The molecular formula is C21H23N3O4. The third-order valence-corrected chi connectivity index (χ3v) is 5.08. The van der Waals surface area contributed by atoms with Crippen molar-refractivity contribution in [2.45, 2.75) is 43.9 Å². The lowest BCUT2D eigenvalue weighted by atomic mass is 10.1. The number of rotatable bonds is 5. The standard InChI is InChI=1S/C21H23N3O4/c22-20(26)24-16(12-14-6-2-1-3-7-14)19(25)23-15-8-9-17-18(13-15)28-21(27-17)10-4-5-11-21/h1-3,6-9,13,16H,4-5,10-12H2,(H,23,25)(H3,22,24,26)/t16-/m0/s1. The lowest BCUT2D eigenvalue weighted by molar-refractivity contribution is -0.117. The molecule has 7 nitrogen and oxygen atoms in total. The number of nitrogens with one attached hydrogen (secondary N) is 2. The summed E-state index contributed by atoms with van der Waals surface area (Å²) in [5.41, 5.74) is 6.75. The summed E-state index contributed by atoms with van der Waals surface area (Å²) in [5.74, 6) is 0.421. The molecule has 2 aromatic carbocycles. The predicted octanol–water partition coefficient (Wildman–Crippen LogP) is 2.95. The normalized spacial score (nSPS) is 17.3. The highest BCUT2D eigenvalue weighted by Gasteiger charge is 2.44. The Hall–Kier alpha value is -3.22. The molecule has 0 radical (unpaired) electrons. The van der Waals surface area contributed by atoms with E-state index in [-0.39, 0.29) is 5.91 Å². The van der Waals surface area contributed by atoms with Gasteiger partial charge in [0.25, 0.3) is 5.79 Å². The number of hydrogen-bond acceptors (Lipinski definition) is 4. The Kier molecular flexibility index (Phi) is 4.81. The minimum atomic E-state index is -0.786. The van der Waals surface area contributed by atoms with Crippen LogP contribution in [0.15, 0.2) is 48.5 Å². The number of carbonyl (C=O) groups is 2. The number of carbonyl (C=O) groups excluding carboxylic acids is 2. The van der Waals surface area contributed by atoms with E-state index in [1.807, 2.05) is 30.3 Å². The molecule has 1 spiro atoms. The molecule has 1 atom stereocenters. The summed E-state index contributed by atoms with van der Waals surface area (Å²) >= 11 is 0. The van der Waals surface area contributed by atoms with Gasteiger partial charge in [-0.1, -0.05) is 30.3 Å². The van der Waals surface area contributed by atoms with E-state index in [0.717, 1.165) is 31.2 Å². The van der Waals surface area contributed by atoms with Crippen LogP contribution in [0.1, 0.15) is 31.2 Å². The van der Waals surface area contributed by atoms with Crippen molar-refractivity contribution in [1.82, 2.24) is 5.32 Å². The maximum absolute atomic E-state index is 12.7. The van der Waals surface area contributed by atoms with Crippen molar-refractivity contribution in [2.24, 2.45) is 5.73 Å². The van der Waals surface area contributed by atoms with Gasteiger partial charge in [0, 0.05) is 31.0 Å². The quantitative estimate of drug-likeness (QED) is 0.741. The number of nitrogens with two attached hydrogens (primary N) is 1. The molecule has 28 heavy (non-hydrogen) atoms. The van der Waals surface area contributed by atoms with Gasteiger partial charge in [-0.25, -0.2) is 4.79 Å². The second kappa shape index (κ2) is 7.42. The molecule has 3 amide bonds. The Morgan fingerprint density at radius 1 is 1.04 bits per heavy atom. The third-order valence-electron chi connectivity index (χ3n) is 5.08. The van der Waals surface area contributed by atoms with Gasteiger partial charge < -0.3 is 25.8 Å². The Labute approximate surface area is 163 Å². The number of hydrogen-bond donors (Lipinski definition) is 3. The van der Waals surface area contributed by atoms with Gasteiger partial charge in [-0.2, -0.15) is 0 Å². The maximum Gasteiger partial charge on any atom is 0.312 e. The topological polar surface area (TPSA) is 103 Å². The van der Waals surface area contributed by atoms with Crippen molar-refractivity contribution < 1.29 is 19.1 Å². The first-order valence-corrected chi connectivity index (χ1v) is 9.46. The summed E-state index contributed by atoms with van der Waals surface area (Å²) in [6.07, 6.45) is 4.23. The number of benzene rings is 2. The van der Waals surface area contributed by atoms with Gasteiger partial charge in [-0.15, -0.1) is 0 Å². The average molecular weight is 381 g/mol. The molecule has 1 aliphatic heterocycles. The van der Waals surface area contributed by atoms with Crippen LogP contribution in [0.25, 0.3) is 0 Å². The Morgan fingerprint density at radius 2 is 1.75 bits per heavy atom. The Balaban J connectivity index is 1.46. The summed E-state index contributed by atoms with van der Waals surface area (Å²) in [6.45, 7) is 0. The molecule has 1 heterocycles. The zero-order chi connectivity index (χ0) is 19.6. The van der Waals surface area contributed by atoms with E-state index in [4.69, 9.17) is 15.2 Å². The third kappa shape index (κ3) is 3.88. The lowest BCUT2D eigenvalue weighted by Crippen LogP contribution is -2.47. The highest BCUT2D eigenvalue weighted by atomic mass is 16.7. The van der Waals surface area contributed by atoms with Crippen LogP contribution < -0.4 is 25.8 Å². The van der Waals surface area contributed by atoms with Gasteiger partial charge in [-0.3, -0.25) is 4.79 Å². The van der Waals surface area contributed by atoms with Crippen molar-refractivity contribution in [1.29, 1.82) is 0 Å². The van der Waals surface area contributed by atoms with E-state index < -0.39 is 17.9 Å². The van der Waals surface area contributed by atoms with E-state index in [2.05, 4.69) is 10.6 Å². The van der Waals surface area contributed by atoms with Crippen molar-refractivity contribution >= 4 is 17.6 Å². The number of fused-ring (bicyclic) bond motifs is 1. The summed E-state index contributed by atoms with van der Waals surface area (Å²) < 4.78 is 12.0. The number of primary amides is 1. The Bertz CT molecular complexity index is 878. The van der Waals surface area contributed by atoms with Crippen LogP contribution in [0.3, 0.4) is 0 Å². The van der Waals surface area contributed by atoms with Crippen LogP contribution in [0, 0.1) is 0 Å². The molecule has 4 N–H and O–H groups in total. The molecule has 0 saturated heterocycles. The first-order chi connectivity index (χ1) is 13.5. The minimum absolute atomic E-state index is 0.337. The highest BCUT2D eigenvalue weighted by molar-refractivity contribution is 5.97. The summed E-state index contributed by atoms with van der Waals surface area (Å²) in [4.78, 5) is 24.1. The van der Waals surface area contributed by atoms with Gasteiger partial charge >= 0.3 is 6.03 Å². The molecule has 4 rings (SSSR count). The SMILES string of the molecule is NC(=O)N[C@@H](Cc1ccccc1)C(=O)Nc1ccc2c(c1)OC1(CCCC1)O2. The number of amides is 3. The van der Waals surface area contributed by atoms with Gasteiger partial charge in [0.15, 0.2) is 11.5 Å². The monoisotopic (exact) mass is 381 g/mol. The number of urea groups is 1. The van der Waals surface area contributed by atoms with Crippen LogP contribution in [0.5, 0.6) is 11.5 Å². The maximum atomic E-state index is 12.7. The van der Waals surface area contributed by atoms with E-state index in [1.165, 1.54) is 0 Å². The Morgan fingerprint density at radius 3 is 2.46 bits per heavy atom. The van der Waals surface area contributed by atoms with Gasteiger partial charge in [0.2, 0.25) is 5.91 Å². The number of ether oxygens (including phenoxy) is 2. The molecule has 146 valence electrons. The molecule has 2 aliphatic rings. The minimum Gasteiger partial charge on any atom is -0.448 e. The molecule has 1 saturated carbocycles. The molecule has 0 unspecified atom stereocenters. The van der Waals surface area contributed by atoms with E-state index >= 15 is 0 Å². The average Bonchev–Trinajstić information content (AvgIpc) is 3.27. The second-order valence-corrected chi connectivity index (χ2v) is 7.22. The zero-order valence-corrected chi connectivity index (χ0v) is 15.4. The molecular weight excluding hydrogens is 358 g/mol. The van der Waals surface area contributed by atoms with Crippen molar-refractivity contribution in [3.8, 4) is 11.5 Å². The molecule has 1 aliphatic carbocycles. The summed E-state index contributed by atoms with van der Waals surface area (Å²) in [5, 5.41) is 5.34. The van der Waals surface area contributed by atoms with Crippen molar-refractivity contribution in [3.05, 3.63) is 54.1 Å². The lowest BCUT2D eigenvalue weighted by Gasteiger charge is -2.21. The molecule has 1 fully saturated rings. The van der Waals surface area contributed by atoms with Crippen LogP contribution in [0.4, 0.5) is 10.5 Å². The smallest absolute Gasteiger partial charge is 0.312 e. The van der Waals surface area contributed by atoms with Gasteiger partial charge in [0.05, 0.1) is 0 Å². The largest absolute Gasteiger partial charge is 0.448 e. The fourth-order valence-corrected chi connectivity index (χ4v) is 3.75. The van der Waals surface area contributed by atoms with Crippen molar-refractivity contribution in [2.75, 3.05) is 5.32 Å². The van der Waals surface area contributed by atoms with Crippen LogP contribution in [-0.4, -0.2) is 23.8 Å². The summed E-state index contributed by atoms with van der Waals surface area (Å²) in [7, 11) is 0. The fraction of sp³-hybridized carbons (Fsp3) is 0.333. The second-order valence-electron chi connectivity index (χ2n) is 7.22. The molecule has 2 aromatic rings. The molecule has 0 bridgehead atoms. The highest BCUT2D eigenvalue weighted by Crippen LogP contribution is 2.47. The van der Waals surface area contributed by atoms with Crippen LogP contribution in [0.2, 0.25) is 0 Å². The predicted molar refractivity (Wildman–Crippen MR) is 104 cm³/mol.